The van der Waals surface area contributed by atoms with Gasteiger partial charge in [0.05, 0.1) is 26.2 Å². The average molecular weight is 534 g/mol. The zero-order valence-electron chi connectivity index (χ0n) is 20.3. The normalized spacial score (nSPS) is 15.7. The molecule has 188 valence electrons. The molecular formula is C26H32ClN3O3S2. The number of benzene rings is 2. The first-order valence-electron chi connectivity index (χ1n) is 12.0. The fourth-order valence-corrected chi connectivity index (χ4v) is 7.14. The lowest BCUT2D eigenvalue weighted by Gasteiger charge is -2.27. The monoisotopic (exact) mass is 533 g/mol. The van der Waals surface area contributed by atoms with E-state index in [0.717, 1.165) is 33.7 Å². The van der Waals surface area contributed by atoms with E-state index in [1.807, 2.05) is 19.1 Å². The topological polar surface area (TPSA) is 91.3 Å². The molecule has 0 bridgehead atoms. The van der Waals surface area contributed by atoms with E-state index < -0.39 is 10.0 Å². The Morgan fingerprint density at radius 3 is 2.60 bits per heavy atom. The molecule has 0 aliphatic heterocycles. The summed E-state index contributed by atoms with van der Waals surface area (Å²) in [6.45, 7) is 6.92. The molecule has 1 saturated carbocycles. The molecule has 0 spiro atoms. The van der Waals surface area contributed by atoms with Gasteiger partial charge in [-0.1, -0.05) is 74.1 Å². The maximum Gasteiger partial charge on any atom is 0.262 e. The number of phenolic OH excluding ortho intramolecular Hbond substituents is 1. The number of sulfonamides is 1. The zero-order valence-corrected chi connectivity index (χ0v) is 22.7. The lowest BCUT2D eigenvalue weighted by molar-refractivity contribution is 0.273. The van der Waals surface area contributed by atoms with E-state index in [0.29, 0.717) is 11.5 Å². The van der Waals surface area contributed by atoms with Gasteiger partial charge in [-0.2, -0.15) is 0 Å². The summed E-state index contributed by atoms with van der Waals surface area (Å²) >= 11 is 7.49. The van der Waals surface area contributed by atoms with Crippen molar-refractivity contribution in [3.63, 3.8) is 0 Å². The fraction of sp³-hybridized carbons (Fsp3) is 0.423. The Bertz CT molecular complexity index is 1300. The van der Waals surface area contributed by atoms with Crippen molar-refractivity contribution in [2.24, 2.45) is 11.8 Å². The van der Waals surface area contributed by atoms with Gasteiger partial charge in [0, 0.05) is 6.54 Å². The van der Waals surface area contributed by atoms with Crippen LogP contribution >= 0.6 is 22.9 Å². The lowest BCUT2D eigenvalue weighted by atomic mass is 9.81. The van der Waals surface area contributed by atoms with Crippen LogP contribution in [0.15, 0.2) is 41.3 Å². The molecule has 4 rings (SSSR count). The van der Waals surface area contributed by atoms with Crippen LogP contribution in [-0.2, 0) is 10.0 Å². The van der Waals surface area contributed by atoms with Gasteiger partial charge >= 0.3 is 0 Å². The van der Waals surface area contributed by atoms with E-state index >= 15 is 0 Å². The molecular weight excluding hydrogens is 502 g/mol. The van der Waals surface area contributed by atoms with E-state index in [4.69, 9.17) is 16.6 Å². The number of aryl methyl sites for hydroxylation is 2. The summed E-state index contributed by atoms with van der Waals surface area (Å²) in [5.41, 5.74) is 2.59. The summed E-state index contributed by atoms with van der Waals surface area (Å²) in [7, 11) is -3.87. The molecule has 1 atom stereocenters. The van der Waals surface area contributed by atoms with Gasteiger partial charge in [0.2, 0.25) is 0 Å². The van der Waals surface area contributed by atoms with E-state index in [-0.39, 0.29) is 21.4 Å². The molecule has 0 saturated heterocycles. The molecule has 9 heteroatoms. The smallest absolute Gasteiger partial charge is 0.262 e. The molecule has 0 unspecified atom stereocenters. The van der Waals surface area contributed by atoms with Gasteiger partial charge in [-0.3, -0.25) is 4.72 Å². The SMILES string of the molecule is Cc1ccc(-c2sc(NC[C@H](C)C3CCCCC3)nc2C)cc1S(=O)(=O)Nc1ccc(O)c(Cl)c1. The molecule has 6 nitrogen and oxygen atoms in total. The Hall–Kier alpha value is -2.29. The van der Waals surface area contributed by atoms with Crippen LogP contribution in [0.3, 0.4) is 0 Å². The van der Waals surface area contributed by atoms with Crippen molar-refractivity contribution in [3.8, 4) is 16.2 Å². The third-order valence-electron chi connectivity index (χ3n) is 6.77. The molecule has 3 N–H and O–H groups in total. The van der Waals surface area contributed by atoms with Gasteiger partial charge in [-0.15, -0.1) is 0 Å². The molecule has 1 aromatic heterocycles. The Morgan fingerprint density at radius 1 is 1.14 bits per heavy atom. The maximum atomic E-state index is 13.2. The highest BCUT2D eigenvalue weighted by atomic mass is 35.5. The number of hydrogen-bond donors (Lipinski definition) is 3. The summed E-state index contributed by atoms with van der Waals surface area (Å²) < 4.78 is 28.9. The van der Waals surface area contributed by atoms with Crippen LogP contribution in [-0.4, -0.2) is 25.1 Å². The van der Waals surface area contributed by atoms with Crippen LogP contribution in [0.5, 0.6) is 5.75 Å². The van der Waals surface area contributed by atoms with Gasteiger partial charge in [0.25, 0.3) is 10.0 Å². The van der Waals surface area contributed by atoms with E-state index in [9.17, 15) is 13.5 Å². The number of hydrogen-bond acceptors (Lipinski definition) is 6. The van der Waals surface area contributed by atoms with Gasteiger partial charge in [0.1, 0.15) is 5.75 Å². The highest BCUT2D eigenvalue weighted by molar-refractivity contribution is 7.92. The van der Waals surface area contributed by atoms with Crippen molar-refractivity contribution in [1.82, 2.24) is 4.98 Å². The molecule has 35 heavy (non-hydrogen) atoms. The molecule has 1 aliphatic rings. The minimum Gasteiger partial charge on any atom is -0.506 e. The van der Waals surface area contributed by atoms with Gasteiger partial charge < -0.3 is 10.4 Å². The second-order valence-electron chi connectivity index (χ2n) is 9.44. The quantitative estimate of drug-likeness (QED) is 0.266. The molecule has 2 aromatic carbocycles. The summed E-state index contributed by atoms with van der Waals surface area (Å²) in [4.78, 5) is 5.84. The predicted octanol–water partition coefficient (Wildman–Crippen LogP) is 7.22. The van der Waals surface area contributed by atoms with Gasteiger partial charge in [-0.05, 0) is 61.1 Å². The molecule has 1 fully saturated rings. The second-order valence-corrected chi connectivity index (χ2v) is 12.5. The Balaban J connectivity index is 1.53. The number of halogens is 1. The predicted molar refractivity (Wildman–Crippen MR) is 145 cm³/mol. The third kappa shape index (κ3) is 6.11. The first-order chi connectivity index (χ1) is 16.6. The van der Waals surface area contributed by atoms with Crippen LogP contribution in [0, 0.1) is 25.7 Å². The highest BCUT2D eigenvalue weighted by Crippen LogP contribution is 2.36. The number of aromatic nitrogens is 1. The minimum atomic E-state index is -3.87. The average Bonchev–Trinajstić information content (AvgIpc) is 3.21. The van der Waals surface area contributed by atoms with Gasteiger partial charge in [0.15, 0.2) is 5.13 Å². The lowest BCUT2D eigenvalue weighted by Crippen LogP contribution is -2.22. The molecule has 0 radical (unpaired) electrons. The summed E-state index contributed by atoms with van der Waals surface area (Å²) in [5.74, 6) is 1.27. The first kappa shape index (κ1) is 25.8. The molecule has 0 amide bonds. The van der Waals surface area contributed by atoms with E-state index in [1.165, 1.54) is 50.3 Å². The van der Waals surface area contributed by atoms with Crippen molar-refractivity contribution in [2.45, 2.75) is 57.8 Å². The number of nitrogens with zero attached hydrogens (tertiary/aromatic N) is 1. The number of aromatic hydroxyl groups is 1. The van der Waals surface area contributed by atoms with E-state index in [2.05, 4.69) is 17.0 Å². The number of nitrogens with one attached hydrogen (secondary N) is 2. The number of phenols is 1. The van der Waals surface area contributed by atoms with Crippen molar-refractivity contribution < 1.29 is 13.5 Å². The zero-order chi connectivity index (χ0) is 25.2. The third-order valence-corrected chi connectivity index (χ3v) is 9.76. The Morgan fingerprint density at radius 2 is 1.89 bits per heavy atom. The number of rotatable bonds is 8. The highest BCUT2D eigenvalue weighted by Gasteiger charge is 2.22. The second kappa shape index (κ2) is 10.8. The standard InChI is InChI=1S/C26H32ClN3O3S2/c1-16-9-10-20(13-24(16)35(32,33)30-21-11-12-23(31)22(27)14-21)25-18(3)29-26(34-25)28-15-17(2)19-7-5-4-6-8-19/h9-14,17,19,30-31H,4-8,15H2,1-3H3,(H,28,29)/t17-/m0/s1. The van der Waals surface area contributed by atoms with Crippen LogP contribution in [0.1, 0.15) is 50.3 Å². The fourth-order valence-electron chi connectivity index (χ4n) is 4.67. The van der Waals surface area contributed by atoms with Crippen LogP contribution < -0.4 is 10.0 Å². The number of anilines is 2. The minimum absolute atomic E-state index is 0.0776. The van der Waals surface area contributed by atoms with Crippen LogP contribution in [0.4, 0.5) is 10.8 Å². The summed E-state index contributed by atoms with van der Waals surface area (Å²) in [6, 6.07) is 9.64. The van der Waals surface area contributed by atoms with Crippen molar-refractivity contribution >= 4 is 43.8 Å². The molecule has 1 aliphatic carbocycles. The Labute approximate surface area is 216 Å². The van der Waals surface area contributed by atoms with Crippen LogP contribution in [0.2, 0.25) is 5.02 Å². The Kier molecular flexibility index (Phi) is 7.93. The largest absolute Gasteiger partial charge is 0.506 e. The molecule has 1 heterocycles. The first-order valence-corrected chi connectivity index (χ1v) is 14.7. The van der Waals surface area contributed by atoms with Crippen molar-refractivity contribution in [2.75, 3.05) is 16.6 Å². The van der Waals surface area contributed by atoms with Crippen molar-refractivity contribution in [1.29, 1.82) is 0 Å². The van der Waals surface area contributed by atoms with Crippen molar-refractivity contribution in [3.05, 3.63) is 52.7 Å². The maximum absolute atomic E-state index is 13.2. The summed E-state index contributed by atoms with van der Waals surface area (Å²) in [6.07, 6.45) is 6.66. The molecule has 3 aromatic rings. The van der Waals surface area contributed by atoms with Crippen LogP contribution in [0.25, 0.3) is 10.4 Å². The summed E-state index contributed by atoms with van der Waals surface area (Å²) in [5, 5.41) is 14.1. The van der Waals surface area contributed by atoms with E-state index in [1.54, 1.807) is 24.3 Å². The van der Waals surface area contributed by atoms with Gasteiger partial charge in [-0.25, -0.2) is 13.4 Å². The number of thiazole rings is 1.